The minimum absolute atomic E-state index is 0.205. The van der Waals surface area contributed by atoms with Crippen LogP contribution in [0.15, 0.2) is 18.3 Å². The van der Waals surface area contributed by atoms with Gasteiger partial charge in [-0.1, -0.05) is 11.6 Å². The summed E-state index contributed by atoms with van der Waals surface area (Å²) in [4.78, 5) is 4.09. The fourth-order valence-corrected chi connectivity index (χ4v) is 1.70. The van der Waals surface area contributed by atoms with Gasteiger partial charge >= 0.3 is 0 Å². The molecule has 0 saturated carbocycles. The summed E-state index contributed by atoms with van der Waals surface area (Å²) in [5.74, 6) is 0.544. The third-order valence-electron chi connectivity index (χ3n) is 2.25. The number of hydrogen-bond acceptors (Lipinski definition) is 3. The lowest BCUT2D eigenvalue weighted by Gasteiger charge is -2.23. The molecule has 1 atom stereocenters. The van der Waals surface area contributed by atoms with E-state index >= 15 is 0 Å². The van der Waals surface area contributed by atoms with Gasteiger partial charge in [-0.15, -0.1) is 0 Å². The lowest BCUT2D eigenvalue weighted by molar-refractivity contribution is 0.160. The molecule has 76 valence electrons. The van der Waals surface area contributed by atoms with Crippen molar-refractivity contribution in [1.29, 1.82) is 0 Å². The zero-order chi connectivity index (χ0) is 9.80. The van der Waals surface area contributed by atoms with Crippen LogP contribution in [0.5, 0.6) is 5.88 Å². The van der Waals surface area contributed by atoms with Crippen molar-refractivity contribution in [2.45, 2.75) is 18.9 Å². The molecule has 1 aromatic heterocycles. The number of rotatable bonds is 2. The number of nitrogens with zero attached hydrogens (tertiary/aromatic N) is 1. The Morgan fingerprint density at radius 2 is 2.50 bits per heavy atom. The highest BCUT2D eigenvalue weighted by atomic mass is 35.5. The molecule has 0 aliphatic carbocycles. The molecule has 1 N–H and O–H groups in total. The van der Waals surface area contributed by atoms with Crippen LogP contribution in [0.1, 0.15) is 12.8 Å². The second-order valence-corrected chi connectivity index (χ2v) is 3.78. The Morgan fingerprint density at radius 1 is 1.57 bits per heavy atom. The Kier molecular flexibility index (Phi) is 3.22. The highest BCUT2D eigenvalue weighted by Gasteiger charge is 2.15. The summed E-state index contributed by atoms with van der Waals surface area (Å²) < 4.78 is 5.68. The Morgan fingerprint density at radius 3 is 3.21 bits per heavy atom. The average Bonchev–Trinajstić information content (AvgIpc) is 2.23. The Labute approximate surface area is 88.4 Å². The average molecular weight is 213 g/mol. The quantitative estimate of drug-likeness (QED) is 0.813. The zero-order valence-corrected chi connectivity index (χ0v) is 8.63. The van der Waals surface area contributed by atoms with E-state index in [1.807, 2.05) is 0 Å². The molecular formula is C10H13ClN2O. The number of halogens is 1. The lowest BCUT2D eigenvalue weighted by Crippen LogP contribution is -2.37. The second-order valence-electron chi connectivity index (χ2n) is 3.38. The van der Waals surface area contributed by atoms with E-state index in [1.165, 1.54) is 0 Å². The topological polar surface area (TPSA) is 34.1 Å². The maximum absolute atomic E-state index is 5.94. The summed E-state index contributed by atoms with van der Waals surface area (Å²) in [6.07, 6.45) is 4.11. The van der Waals surface area contributed by atoms with E-state index in [9.17, 15) is 0 Å². The van der Waals surface area contributed by atoms with E-state index in [4.69, 9.17) is 16.3 Å². The van der Waals surface area contributed by atoms with Crippen LogP contribution in [0.2, 0.25) is 5.02 Å². The molecule has 14 heavy (non-hydrogen) atoms. The van der Waals surface area contributed by atoms with E-state index in [0.717, 1.165) is 25.9 Å². The maximum Gasteiger partial charge on any atom is 0.232 e. The van der Waals surface area contributed by atoms with Crippen LogP contribution in [0.4, 0.5) is 0 Å². The number of hydrogen-bond donors (Lipinski definition) is 1. The first-order valence-corrected chi connectivity index (χ1v) is 5.22. The van der Waals surface area contributed by atoms with Crippen LogP contribution < -0.4 is 10.1 Å². The number of pyridine rings is 1. The molecule has 2 rings (SSSR count). The van der Waals surface area contributed by atoms with Crippen LogP contribution in [-0.4, -0.2) is 24.2 Å². The summed E-state index contributed by atoms with van der Waals surface area (Å²) >= 11 is 5.94. The molecule has 0 amide bonds. The first-order valence-electron chi connectivity index (χ1n) is 4.84. The van der Waals surface area contributed by atoms with Gasteiger partial charge in [0.15, 0.2) is 0 Å². The number of aromatic nitrogens is 1. The van der Waals surface area contributed by atoms with Crippen molar-refractivity contribution in [1.82, 2.24) is 10.3 Å². The van der Waals surface area contributed by atoms with Gasteiger partial charge in [-0.05, 0) is 31.5 Å². The summed E-state index contributed by atoms with van der Waals surface area (Å²) in [5, 5.41) is 3.86. The molecule has 0 bridgehead atoms. The third-order valence-corrected chi connectivity index (χ3v) is 2.54. The molecule has 1 aliphatic heterocycles. The van der Waals surface area contributed by atoms with E-state index in [1.54, 1.807) is 18.3 Å². The molecular weight excluding hydrogens is 200 g/mol. The number of nitrogens with one attached hydrogen (secondary N) is 1. The normalized spacial score (nSPS) is 21.9. The SMILES string of the molecule is Clc1cccnc1OC1CCCNC1. The fourth-order valence-electron chi connectivity index (χ4n) is 1.54. The minimum atomic E-state index is 0.205. The van der Waals surface area contributed by atoms with Gasteiger partial charge in [0, 0.05) is 12.7 Å². The predicted octanol–water partition coefficient (Wildman–Crippen LogP) is 1.87. The van der Waals surface area contributed by atoms with Crippen molar-refractivity contribution < 1.29 is 4.74 Å². The molecule has 1 aliphatic rings. The van der Waals surface area contributed by atoms with E-state index in [0.29, 0.717) is 10.9 Å². The third kappa shape index (κ3) is 2.36. The van der Waals surface area contributed by atoms with Crippen molar-refractivity contribution in [2.24, 2.45) is 0 Å². The van der Waals surface area contributed by atoms with Crippen LogP contribution in [-0.2, 0) is 0 Å². The standard InChI is InChI=1S/C10H13ClN2O/c11-9-4-2-6-13-10(9)14-8-3-1-5-12-7-8/h2,4,6,8,12H,1,3,5,7H2. The number of piperidine rings is 1. The Hall–Kier alpha value is -0.800. The molecule has 0 radical (unpaired) electrons. The van der Waals surface area contributed by atoms with Gasteiger partial charge in [0.25, 0.3) is 0 Å². The molecule has 0 spiro atoms. The molecule has 4 heteroatoms. The van der Waals surface area contributed by atoms with Crippen molar-refractivity contribution in [3.05, 3.63) is 23.4 Å². The molecule has 0 aromatic carbocycles. The van der Waals surface area contributed by atoms with Gasteiger partial charge < -0.3 is 10.1 Å². The monoisotopic (exact) mass is 212 g/mol. The zero-order valence-electron chi connectivity index (χ0n) is 7.87. The smallest absolute Gasteiger partial charge is 0.232 e. The van der Waals surface area contributed by atoms with Crippen molar-refractivity contribution in [3.63, 3.8) is 0 Å². The van der Waals surface area contributed by atoms with Crippen LogP contribution >= 0.6 is 11.6 Å². The van der Waals surface area contributed by atoms with E-state index in [-0.39, 0.29) is 6.10 Å². The van der Waals surface area contributed by atoms with Gasteiger partial charge in [-0.25, -0.2) is 4.98 Å². The highest BCUT2D eigenvalue weighted by molar-refractivity contribution is 6.31. The minimum Gasteiger partial charge on any atom is -0.472 e. The number of ether oxygens (including phenoxy) is 1. The summed E-state index contributed by atoms with van der Waals surface area (Å²) in [6.45, 7) is 1.96. The Balaban J connectivity index is 1.99. The maximum atomic E-state index is 5.94. The largest absolute Gasteiger partial charge is 0.472 e. The van der Waals surface area contributed by atoms with E-state index in [2.05, 4.69) is 10.3 Å². The summed E-state index contributed by atoms with van der Waals surface area (Å²) in [6, 6.07) is 3.59. The molecule has 2 heterocycles. The summed E-state index contributed by atoms with van der Waals surface area (Å²) in [5.41, 5.74) is 0. The van der Waals surface area contributed by atoms with Crippen LogP contribution in [0.3, 0.4) is 0 Å². The summed E-state index contributed by atoms with van der Waals surface area (Å²) in [7, 11) is 0. The highest BCUT2D eigenvalue weighted by Crippen LogP contribution is 2.22. The van der Waals surface area contributed by atoms with Crippen LogP contribution in [0.25, 0.3) is 0 Å². The van der Waals surface area contributed by atoms with E-state index < -0.39 is 0 Å². The molecule has 1 fully saturated rings. The van der Waals surface area contributed by atoms with Crippen molar-refractivity contribution >= 4 is 11.6 Å². The van der Waals surface area contributed by atoms with Crippen LogP contribution in [0, 0.1) is 0 Å². The first-order chi connectivity index (χ1) is 6.86. The predicted molar refractivity (Wildman–Crippen MR) is 55.8 cm³/mol. The van der Waals surface area contributed by atoms with Gasteiger partial charge in [0.05, 0.1) is 0 Å². The lowest BCUT2D eigenvalue weighted by atomic mass is 10.1. The first kappa shape index (κ1) is 9.74. The Bertz CT molecular complexity index is 300. The second kappa shape index (κ2) is 4.62. The van der Waals surface area contributed by atoms with Gasteiger partial charge in [0.2, 0.25) is 5.88 Å². The van der Waals surface area contributed by atoms with Crippen molar-refractivity contribution in [2.75, 3.05) is 13.1 Å². The van der Waals surface area contributed by atoms with Gasteiger partial charge in [0.1, 0.15) is 11.1 Å². The molecule has 1 unspecified atom stereocenters. The van der Waals surface area contributed by atoms with Crippen molar-refractivity contribution in [3.8, 4) is 5.88 Å². The molecule has 3 nitrogen and oxygen atoms in total. The van der Waals surface area contributed by atoms with Gasteiger partial charge in [-0.2, -0.15) is 0 Å². The molecule has 1 saturated heterocycles. The molecule has 1 aromatic rings. The van der Waals surface area contributed by atoms with Gasteiger partial charge in [-0.3, -0.25) is 0 Å². The fraction of sp³-hybridized carbons (Fsp3) is 0.500.